The van der Waals surface area contributed by atoms with Crippen LogP contribution in [0.3, 0.4) is 0 Å². The van der Waals surface area contributed by atoms with Gasteiger partial charge in [0.05, 0.1) is 11.6 Å². The van der Waals surface area contributed by atoms with Crippen LogP contribution in [0.15, 0.2) is 23.0 Å². The third-order valence-electron chi connectivity index (χ3n) is 7.45. The van der Waals surface area contributed by atoms with Crippen LogP contribution in [-0.4, -0.2) is 56.4 Å². The second-order valence-corrected chi connectivity index (χ2v) is 9.68. The third-order valence-corrected chi connectivity index (χ3v) is 7.45. The SMILES string of the molecule is CC1CCN([C@H](c2cc3cc4c(cc3[nH]c2=O)OCCO4)c2nnnn2C2CCCC2)CC1. The summed E-state index contributed by atoms with van der Waals surface area (Å²) in [5.74, 6) is 2.85. The molecule has 1 aliphatic carbocycles. The van der Waals surface area contributed by atoms with Crippen molar-refractivity contribution in [3.05, 3.63) is 39.9 Å². The molecule has 0 spiro atoms. The number of piperidine rings is 1. The van der Waals surface area contributed by atoms with Gasteiger partial charge in [-0.1, -0.05) is 19.8 Å². The fourth-order valence-electron chi connectivity index (χ4n) is 5.54. The number of ether oxygens (including phenoxy) is 2. The Morgan fingerprint density at radius 2 is 1.76 bits per heavy atom. The van der Waals surface area contributed by atoms with Gasteiger partial charge >= 0.3 is 0 Å². The number of aromatic amines is 1. The lowest BCUT2D eigenvalue weighted by molar-refractivity contribution is 0.147. The molecule has 174 valence electrons. The molecule has 1 aromatic carbocycles. The molecule has 4 heterocycles. The summed E-state index contributed by atoms with van der Waals surface area (Å²) in [5, 5.41) is 13.9. The maximum atomic E-state index is 13.4. The van der Waals surface area contributed by atoms with E-state index in [2.05, 4.69) is 32.3 Å². The number of tetrazole rings is 1. The zero-order valence-electron chi connectivity index (χ0n) is 19.0. The fourth-order valence-corrected chi connectivity index (χ4v) is 5.54. The van der Waals surface area contributed by atoms with Gasteiger partial charge in [-0.05, 0) is 67.3 Å². The van der Waals surface area contributed by atoms with Crippen LogP contribution >= 0.6 is 0 Å². The van der Waals surface area contributed by atoms with Crippen LogP contribution in [0.2, 0.25) is 0 Å². The van der Waals surface area contributed by atoms with Gasteiger partial charge in [0.1, 0.15) is 19.3 Å². The van der Waals surface area contributed by atoms with Crippen molar-refractivity contribution in [2.24, 2.45) is 5.92 Å². The van der Waals surface area contributed by atoms with Crippen molar-refractivity contribution in [1.82, 2.24) is 30.1 Å². The van der Waals surface area contributed by atoms with Gasteiger partial charge in [-0.25, -0.2) is 4.68 Å². The van der Waals surface area contributed by atoms with Crippen LogP contribution in [0.1, 0.15) is 68.9 Å². The Kier molecular flexibility index (Phi) is 5.28. The summed E-state index contributed by atoms with van der Waals surface area (Å²) >= 11 is 0. The molecule has 33 heavy (non-hydrogen) atoms. The third kappa shape index (κ3) is 3.78. The van der Waals surface area contributed by atoms with E-state index in [1.165, 1.54) is 12.8 Å². The molecule has 0 radical (unpaired) electrons. The molecular weight excluding hydrogens is 420 g/mol. The van der Waals surface area contributed by atoms with Crippen LogP contribution in [0, 0.1) is 5.92 Å². The summed E-state index contributed by atoms with van der Waals surface area (Å²) in [7, 11) is 0. The Morgan fingerprint density at radius 3 is 2.52 bits per heavy atom. The van der Waals surface area contributed by atoms with Gasteiger partial charge in [-0.2, -0.15) is 0 Å². The van der Waals surface area contributed by atoms with Gasteiger partial charge in [0.15, 0.2) is 17.3 Å². The quantitative estimate of drug-likeness (QED) is 0.652. The summed E-state index contributed by atoms with van der Waals surface area (Å²) in [4.78, 5) is 18.9. The second kappa shape index (κ2) is 8.44. The number of pyridine rings is 1. The molecule has 6 rings (SSSR count). The number of benzene rings is 1. The first-order valence-electron chi connectivity index (χ1n) is 12.2. The lowest BCUT2D eigenvalue weighted by atomic mass is 9.95. The predicted octanol–water partition coefficient (Wildman–Crippen LogP) is 3.22. The van der Waals surface area contributed by atoms with Crippen LogP contribution in [0.4, 0.5) is 0 Å². The number of nitrogens with zero attached hydrogens (tertiary/aromatic N) is 5. The zero-order valence-corrected chi connectivity index (χ0v) is 19.0. The summed E-state index contributed by atoms with van der Waals surface area (Å²) in [6.07, 6.45) is 6.76. The Labute approximate surface area is 192 Å². The number of hydrogen-bond donors (Lipinski definition) is 1. The molecule has 0 unspecified atom stereocenters. The van der Waals surface area contributed by atoms with E-state index in [1.54, 1.807) is 0 Å². The van der Waals surface area contributed by atoms with Crippen LogP contribution in [0.25, 0.3) is 10.9 Å². The normalized spacial score (nSPS) is 21.0. The molecule has 9 nitrogen and oxygen atoms in total. The number of aromatic nitrogens is 5. The molecule has 3 aromatic rings. The standard InChI is InChI=1S/C24H30N6O3/c1-15-6-8-29(9-7-15)22(23-26-27-28-30(23)17-4-2-3-5-17)18-12-16-13-20-21(33-11-10-32-20)14-19(16)25-24(18)31/h12-15,17,22H,2-11H2,1H3,(H,25,31)/t22-/m1/s1. The predicted molar refractivity (Wildman–Crippen MR) is 123 cm³/mol. The van der Waals surface area contributed by atoms with Crippen molar-refractivity contribution in [2.45, 2.75) is 57.5 Å². The Morgan fingerprint density at radius 1 is 1.03 bits per heavy atom. The average molecular weight is 451 g/mol. The highest BCUT2D eigenvalue weighted by atomic mass is 16.6. The average Bonchev–Trinajstić information content (AvgIpc) is 3.52. The molecule has 2 aromatic heterocycles. The number of hydrogen-bond acceptors (Lipinski definition) is 7. The molecule has 3 aliphatic rings. The smallest absolute Gasteiger partial charge is 0.253 e. The summed E-state index contributed by atoms with van der Waals surface area (Å²) in [5.41, 5.74) is 1.32. The van der Waals surface area contributed by atoms with Crippen LogP contribution < -0.4 is 15.0 Å². The number of likely N-dealkylation sites (tertiary alicyclic amines) is 1. The first kappa shape index (κ1) is 20.7. The number of nitrogens with one attached hydrogen (secondary N) is 1. The van der Waals surface area contributed by atoms with E-state index in [0.29, 0.717) is 42.2 Å². The van der Waals surface area contributed by atoms with E-state index in [4.69, 9.17) is 9.47 Å². The maximum absolute atomic E-state index is 13.4. The first-order chi connectivity index (χ1) is 16.2. The van der Waals surface area contributed by atoms with Gasteiger partial charge in [0, 0.05) is 17.0 Å². The van der Waals surface area contributed by atoms with Crippen LogP contribution in [-0.2, 0) is 0 Å². The molecule has 1 saturated heterocycles. The van der Waals surface area contributed by atoms with Crippen molar-refractivity contribution in [3.8, 4) is 11.5 Å². The van der Waals surface area contributed by atoms with Crippen molar-refractivity contribution >= 4 is 10.9 Å². The monoisotopic (exact) mass is 450 g/mol. The highest BCUT2D eigenvalue weighted by Crippen LogP contribution is 2.37. The molecule has 2 aliphatic heterocycles. The van der Waals surface area contributed by atoms with Gasteiger partial charge in [-0.15, -0.1) is 5.10 Å². The fraction of sp³-hybridized carbons (Fsp3) is 0.583. The van der Waals surface area contributed by atoms with Crippen molar-refractivity contribution in [2.75, 3.05) is 26.3 Å². The number of fused-ring (bicyclic) bond motifs is 2. The zero-order chi connectivity index (χ0) is 22.4. The lowest BCUT2D eigenvalue weighted by Crippen LogP contribution is -2.40. The van der Waals surface area contributed by atoms with Crippen LogP contribution in [0.5, 0.6) is 11.5 Å². The molecule has 1 N–H and O–H groups in total. The minimum Gasteiger partial charge on any atom is -0.486 e. The summed E-state index contributed by atoms with van der Waals surface area (Å²) in [6, 6.07) is 5.82. The summed E-state index contributed by atoms with van der Waals surface area (Å²) in [6.45, 7) is 5.17. The van der Waals surface area contributed by atoms with Gasteiger partial charge in [0.25, 0.3) is 5.56 Å². The highest BCUT2D eigenvalue weighted by Gasteiger charge is 2.34. The minimum atomic E-state index is -0.283. The molecule has 1 saturated carbocycles. The minimum absolute atomic E-state index is 0.108. The number of H-pyrrole nitrogens is 1. The van der Waals surface area contributed by atoms with E-state index in [0.717, 1.165) is 55.5 Å². The maximum Gasteiger partial charge on any atom is 0.253 e. The van der Waals surface area contributed by atoms with Gasteiger partial charge in [-0.3, -0.25) is 9.69 Å². The van der Waals surface area contributed by atoms with Crippen molar-refractivity contribution in [3.63, 3.8) is 0 Å². The van der Waals surface area contributed by atoms with Gasteiger partial charge in [0.2, 0.25) is 0 Å². The second-order valence-electron chi connectivity index (χ2n) is 9.68. The lowest BCUT2D eigenvalue weighted by Gasteiger charge is -2.36. The van der Waals surface area contributed by atoms with E-state index in [1.807, 2.05) is 22.9 Å². The van der Waals surface area contributed by atoms with Gasteiger partial charge < -0.3 is 14.5 Å². The van der Waals surface area contributed by atoms with Crippen molar-refractivity contribution in [1.29, 1.82) is 0 Å². The Hall–Kier alpha value is -2.94. The molecular formula is C24H30N6O3. The topological polar surface area (TPSA) is 98.2 Å². The first-order valence-corrected chi connectivity index (χ1v) is 12.2. The largest absolute Gasteiger partial charge is 0.486 e. The molecule has 0 bridgehead atoms. The molecule has 1 atom stereocenters. The molecule has 9 heteroatoms. The Balaban J connectivity index is 1.47. The summed E-state index contributed by atoms with van der Waals surface area (Å²) < 4.78 is 13.5. The highest BCUT2D eigenvalue weighted by molar-refractivity contribution is 5.83. The number of rotatable bonds is 4. The molecule has 0 amide bonds. The van der Waals surface area contributed by atoms with Crippen molar-refractivity contribution < 1.29 is 9.47 Å². The Bertz CT molecular complexity index is 1210. The van der Waals surface area contributed by atoms with E-state index in [9.17, 15) is 4.79 Å². The van der Waals surface area contributed by atoms with E-state index < -0.39 is 0 Å². The molecule has 2 fully saturated rings. The van der Waals surface area contributed by atoms with E-state index >= 15 is 0 Å². The van der Waals surface area contributed by atoms with E-state index in [-0.39, 0.29) is 11.6 Å².